The molecule has 1 unspecified atom stereocenters. The second-order valence-electron chi connectivity index (χ2n) is 11.7. The topological polar surface area (TPSA) is 123 Å². The third-order valence-electron chi connectivity index (χ3n) is 8.40. The van der Waals surface area contributed by atoms with Crippen molar-refractivity contribution < 1.29 is 22.7 Å². The van der Waals surface area contributed by atoms with Crippen molar-refractivity contribution in [2.45, 2.75) is 45.6 Å². The van der Waals surface area contributed by atoms with Crippen molar-refractivity contribution in [3.05, 3.63) is 105 Å². The Morgan fingerprint density at radius 2 is 1.50 bits per heavy atom. The molecule has 0 bridgehead atoms. The van der Waals surface area contributed by atoms with E-state index < -0.39 is 21.7 Å². The summed E-state index contributed by atoms with van der Waals surface area (Å²) in [5.41, 5.74) is 3.35. The number of carbonyl (C=O) groups excluding carboxylic acids is 2. The van der Waals surface area contributed by atoms with Gasteiger partial charge in [0.15, 0.2) is 6.10 Å². The highest BCUT2D eigenvalue weighted by Gasteiger charge is 2.30. The van der Waals surface area contributed by atoms with Gasteiger partial charge in [0.05, 0.1) is 16.3 Å². The van der Waals surface area contributed by atoms with Gasteiger partial charge in [0.2, 0.25) is 0 Å². The number of carbonyl (C=O) groups is 2. The lowest BCUT2D eigenvalue weighted by molar-refractivity contribution is -0.139. The Balaban J connectivity index is 1.28. The van der Waals surface area contributed by atoms with Crippen molar-refractivity contribution in [2.24, 2.45) is 7.05 Å². The summed E-state index contributed by atoms with van der Waals surface area (Å²) in [4.78, 5) is 43.2. The highest BCUT2D eigenvalue weighted by molar-refractivity contribution is 7.92. The SMILES string of the molecule is Cc1ccc(OC(C)C(=O)N2CCN(C(=O)c3cc(S(=O)(=O)Nc4c(C)n(C)n(-c5ccccc5)c4=O)ccc3C)CC2)c(C)c1. The maximum Gasteiger partial charge on any atom is 0.296 e. The lowest BCUT2D eigenvalue weighted by Crippen LogP contribution is -2.53. The van der Waals surface area contributed by atoms with Gasteiger partial charge in [-0.05, 0) is 76.1 Å². The fraction of sp³-hybridized carbons (Fsp3) is 0.324. The molecule has 1 N–H and O–H groups in total. The number of ether oxygens (including phenoxy) is 1. The number of benzene rings is 3. The average molecular weight is 646 g/mol. The number of aromatic nitrogens is 2. The van der Waals surface area contributed by atoms with Crippen LogP contribution in [0.1, 0.15) is 39.7 Å². The van der Waals surface area contributed by atoms with Crippen LogP contribution in [0.2, 0.25) is 0 Å². The number of piperazine rings is 1. The molecular weight excluding hydrogens is 606 g/mol. The summed E-state index contributed by atoms with van der Waals surface area (Å²) in [7, 11) is -2.55. The lowest BCUT2D eigenvalue weighted by atomic mass is 10.1. The van der Waals surface area contributed by atoms with Crippen LogP contribution in [0.5, 0.6) is 5.75 Å². The van der Waals surface area contributed by atoms with Crippen molar-refractivity contribution >= 4 is 27.5 Å². The number of nitrogens with zero attached hydrogens (tertiary/aromatic N) is 4. The summed E-state index contributed by atoms with van der Waals surface area (Å²) in [5, 5.41) is 0. The van der Waals surface area contributed by atoms with Gasteiger partial charge in [0.25, 0.3) is 27.4 Å². The number of sulfonamides is 1. The summed E-state index contributed by atoms with van der Waals surface area (Å²) >= 11 is 0. The molecule has 4 aromatic rings. The minimum Gasteiger partial charge on any atom is -0.481 e. The molecule has 1 aliphatic rings. The van der Waals surface area contributed by atoms with Crippen LogP contribution in [-0.2, 0) is 21.9 Å². The maximum absolute atomic E-state index is 13.6. The van der Waals surface area contributed by atoms with Crippen LogP contribution in [0.25, 0.3) is 5.69 Å². The summed E-state index contributed by atoms with van der Waals surface area (Å²) < 4.78 is 38.4. The molecule has 12 heteroatoms. The minimum atomic E-state index is -4.22. The van der Waals surface area contributed by atoms with E-state index in [1.54, 1.807) is 72.6 Å². The fourth-order valence-electron chi connectivity index (χ4n) is 5.61. The molecule has 2 amide bonds. The molecule has 0 aliphatic carbocycles. The predicted octanol–water partition coefficient (Wildman–Crippen LogP) is 3.96. The van der Waals surface area contributed by atoms with Crippen LogP contribution < -0.4 is 15.0 Å². The highest BCUT2D eigenvalue weighted by atomic mass is 32.2. The molecule has 1 fully saturated rings. The molecule has 0 spiro atoms. The van der Waals surface area contributed by atoms with E-state index in [-0.39, 0.29) is 41.1 Å². The standard InChI is InChI=1S/C34H39N5O6S/c1-22-12-15-30(24(3)20-22)45-26(5)32(40)37-16-18-38(19-17-37)33(41)29-21-28(14-13-23(29)2)46(43,44)35-31-25(4)36(6)39(34(31)42)27-10-8-7-9-11-27/h7-15,20-21,26,35H,16-19H2,1-6H3. The molecule has 3 aromatic carbocycles. The summed E-state index contributed by atoms with van der Waals surface area (Å²) in [5.74, 6) is 0.165. The van der Waals surface area contributed by atoms with Crippen LogP contribution in [0.4, 0.5) is 5.69 Å². The Hall–Kier alpha value is -4.84. The molecule has 1 atom stereocenters. The quantitative estimate of drug-likeness (QED) is 0.310. The van der Waals surface area contributed by atoms with Gasteiger partial charge in [-0.25, -0.2) is 13.1 Å². The zero-order chi connectivity index (χ0) is 33.3. The van der Waals surface area contributed by atoms with Gasteiger partial charge in [-0.3, -0.25) is 23.8 Å². The number of para-hydroxylation sites is 1. The first-order valence-corrected chi connectivity index (χ1v) is 16.6. The smallest absolute Gasteiger partial charge is 0.296 e. The number of hydrogen-bond donors (Lipinski definition) is 1. The van der Waals surface area contributed by atoms with Gasteiger partial charge in [-0.15, -0.1) is 0 Å². The molecular formula is C34H39N5O6S. The van der Waals surface area contributed by atoms with Crippen LogP contribution in [0.3, 0.4) is 0 Å². The predicted molar refractivity (Wildman–Crippen MR) is 176 cm³/mol. The Labute approximate surface area is 269 Å². The molecule has 0 radical (unpaired) electrons. The number of anilines is 1. The van der Waals surface area contributed by atoms with E-state index >= 15 is 0 Å². The average Bonchev–Trinajstić information content (AvgIpc) is 3.24. The Morgan fingerprint density at radius 3 is 2.15 bits per heavy atom. The second-order valence-corrected chi connectivity index (χ2v) is 13.3. The van der Waals surface area contributed by atoms with E-state index in [4.69, 9.17) is 4.74 Å². The number of amides is 2. The highest BCUT2D eigenvalue weighted by Crippen LogP contribution is 2.24. The van der Waals surface area contributed by atoms with E-state index in [1.807, 2.05) is 38.1 Å². The largest absolute Gasteiger partial charge is 0.481 e. The summed E-state index contributed by atoms with van der Waals surface area (Å²) in [6.07, 6.45) is -0.689. The zero-order valence-corrected chi connectivity index (χ0v) is 27.7. The van der Waals surface area contributed by atoms with Gasteiger partial charge < -0.3 is 14.5 Å². The first-order chi connectivity index (χ1) is 21.8. The molecule has 1 saturated heterocycles. The monoisotopic (exact) mass is 645 g/mol. The number of hydrogen-bond acceptors (Lipinski definition) is 6. The summed E-state index contributed by atoms with van der Waals surface area (Å²) in [6, 6.07) is 19.0. The van der Waals surface area contributed by atoms with E-state index in [2.05, 4.69) is 4.72 Å². The van der Waals surface area contributed by atoms with Crippen LogP contribution in [-0.4, -0.2) is 71.7 Å². The van der Waals surface area contributed by atoms with Crippen molar-refractivity contribution in [1.82, 2.24) is 19.2 Å². The maximum atomic E-state index is 13.6. The number of aryl methyl sites for hydroxylation is 3. The van der Waals surface area contributed by atoms with Gasteiger partial charge >= 0.3 is 0 Å². The molecule has 2 heterocycles. The molecule has 1 aromatic heterocycles. The van der Waals surface area contributed by atoms with E-state index in [9.17, 15) is 22.8 Å². The van der Waals surface area contributed by atoms with Crippen LogP contribution in [0, 0.1) is 27.7 Å². The van der Waals surface area contributed by atoms with E-state index in [1.165, 1.54) is 16.8 Å². The number of nitrogens with one attached hydrogen (secondary N) is 1. The normalized spacial score (nSPS) is 14.2. The van der Waals surface area contributed by atoms with Gasteiger partial charge in [0.1, 0.15) is 11.4 Å². The van der Waals surface area contributed by atoms with Gasteiger partial charge in [0, 0.05) is 38.8 Å². The van der Waals surface area contributed by atoms with Crippen molar-refractivity contribution in [2.75, 3.05) is 30.9 Å². The van der Waals surface area contributed by atoms with Crippen LogP contribution >= 0.6 is 0 Å². The summed E-state index contributed by atoms with van der Waals surface area (Å²) in [6.45, 7) is 10.3. The Kier molecular flexibility index (Phi) is 9.11. The van der Waals surface area contributed by atoms with Crippen LogP contribution in [0.15, 0.2) is 76.4 Å². The molecule has 1 aliphatic heterocycles. The van der Waals surface area contributed by atoms with Gasteiger partial charge in [-0.2, -0.15) is 0 Å². The zero-order valence-electron chi connectivity index (χ0n) is 26.9. The molecule has 0 saturated carbocycles. The van der Waals surface area contributed by atoms with Crippen molar-refractivity contribution in [3.63, 3.8) is 0 Å². The number of rotatable bonds is 8. The second kappa shape index (κ2) is 12.9. The third-order valence-corrected chi connectivity index (χ3v) is 9.75. The van der Waals surface area contributed by atoms with E-state index in [0.717, 1.165) is 11.1 Å². The van der Waals surface area contributed by atoms with Crippen molar-refractivity contribution in [1.29, 1.82) is 0 Å². The molecule has 5 rings (SSSR count). The Bertz CT molecular complexity index is 1960. The molecule has 46 heavy (non-hydrogen) atoms. The van der Waals surface area contributed by atoms with E-state index in [0.29, 0.717) is 35.8 Å². The molecule has 11 nitrogen and oxygen atoms in total. The minimum absolute atomic E-state index is 0.0728. The lowest BCUT2D eigenvalue weighted by Gasteiger charge is -2.36. The third kappa shape index (κ3) is 6.43. The van der Waals surface area contributed by atoms with Gasteiger partial charge in [-0.1, -0.05) is 42.0 Å². The fourth-order valence-corrected chi connectivity index (χ4v) is 6.75. The molecule has 242 valence electrons. The first kappa shape index (κ1) is 32.6. The first-order valence-electron chi connectivity index (χ1n) is 15.1. The Morgan fingerprint density at radius 1 is 0.848 bits per heavy atom. The van der Waals surface area contributed by atoms with Crippen molar-refractivity contribution in [3.8, 4) is 11.4 Å².